The van der Waals surface area contributed by atoms with E-state index >= 15 is 0 Å². The van der Waals surface area contributed by atoms with Crippen molar-refractivity contribution in [2.75, 3.05) is 11.9 Å². The third kappa shape index (κ3) is 8.64. The largest absolute Gasteiger partial charge is 0.489 e. The first kappa shape index (κ1) is 27.1. The number of ether oxygens (including phenoxy) is 3. The van der Waals surface area contributed by atoms with Crippen molar-refractivity contribution >= 4 is 17.9 Å². The number of hydrogen-bond acceptors (Lipinski definition) is 8. The third-order valence-corrected chi connectivity index (χ3v) is 4.87. The Bertz CT molecular complexity index is 958. The van der Waals surface area contributed by atoms with Crippen molar-refractivity contribution in [2.45, 2.75) is 79.4 Å². The van der Waals surface area contributed by atoms with Crippen LogP contribution >= 0.6 is 0 Å². The molecule has 1 aliphatic rings. The van der Waals surface area contributed by atoms with Gasteiger partial charge in [0.2, 0.25) is 0 Å². The predicted molar refractivity (Wildman–Crippen MR) is 131 cm³/mol. The maximum Gasteiger partial charge on any atom is 0.412 e. The molecule has 1 aliphatic carbocycles. The van der Waals surface area contributed by atoms with Gasteiger partial charge in [0.05, 0.1) is 30.2 Å². The van der Waals surface area contributed by atoms with E-state index in [1.54, 1.807) is 7.05 Å². The molecule has 0 saturated heterocycles. The van der Waals surface area contributed by atoms with Gasteiger partial charge in [0, 0.05) is 15.4 Å². The normalized spacial score (nSPS) is 13.4. The summed E-state index contributed by atoms with van der Waals surface area (Å²) >= 11 is 0. The van der Waals surface area contributed by atoms with Crippen LogP contribution in [0.5, 0.6) is 5.75 Å². The van der Waals surface area contributed by atoms with Gasteiger partial charge in [0.15, 0.2) is 11.5 Å². The smallest absolute Gasteiger partial charge is 0.412 e. The number of nitrogens with zero attached hydrogens (tertiary/aromatic N) is 4. The fourth-order valence-corrected chi connectivity index (χ4v) is 3.37. The van der Waals surface area contributed by atoms with Crippen LogP contribution in [0.2, 0.25) is 0 Å². The number of aromatic nitrogens is 4. The van der Waals surface area contributed by atoms with E-state index in [1.165, 1.54) is 24.4 Å². The second kappa shape index (κ2) is 12.9. The second-order valence-electron chi connectivity index (χ2n) is 8.99. The van der Waals surface area contributed by atoms with Gasteiger partial charge in [-0.1, -0.05) is 19.1 Å². The van der Waals surface area contributed by atoms with Gasteiger partial charge in [0.25, 0.3) is 0 Å². The van der Waals surface area contributed by atoms with Gasteiger partial charge in [-0.25, -0.2) is 14.5 Å². The number of anilines is 1. The molecule has 190 valence electrons. The highest BCUT2D eigenvalue weighted by atomic mass is 16.5. The van der Waals surface area contributed by atoms with E-state index in [9.17, 15) is 9.59 Å². The minimum absolute atomic E-state index is 0. The van der Waals surface area contributed by atoms with E-state index < -0.39 is 6.09 Å². The number of carbonyl (C=O) groups is 2. The van der Waals surface area contributed by atoms with Gasteiger partial charge in [-0.15, -0.1) is 5.10 Å². The Labute approximate surface area is 202 Å². The van der Waals surface area contributed by atoms with Crippen LogP contribution in [0, 0.1) is 12.8 Å². The first-order valence-electron chi connectivity index (χ1n) is 11.7. The van der Waals surface area contributed by atoms with Crippen LogP contribution in [0.15, 0.2) is 12.1 Å². The van der Waals surface area contributed by atoms with E-state index in [0.29, 0.717) is 23.8 Å². The van der Waals surface area contributed by atoms with Crippen molar-refractivity contribution < 1.29 is 25.2 Å². The van der Waals surface area contributed by atoms with Gasteiger partial charge >= 0.3 is 12.1 Å². The van der Waals surface area contributed by atoms with Crippen molar-refractivity contribution in [1.29, 1.82) is 0 Å². The number of hydrogen-bond donors (Lipinski definition) is 1. The van der Waals surface area contributed by atoms with Gasteiger partial charge < -0.3 is 14.2 Å². The summed E-state index contributed by atoms with van der Waals surface area (Å²) in [6, 6.07) is 3.75. The number of pyridine rings is 1. The van der Waals surface area contributed by atoms with Crippen molar-refractivity contribution in [2.24, 2.45) is 13.0 Å². The van der Waals surface area contributed by atoms with E-state index in [2.05, 4.69) is 25.3 Å². The van der Waals surface area contributed by atoms with Crippen LogP contribution in [0.3, 0.4) is 0 Å². The zero-order valence-electron chi connectivity index (χ0n) is 21.3. The van der Waals surface area contributed by atoms with Crippen molar-refractivity contribution in [3.05, 3.63) is 17.8 Å². The Kier molecular flexibility index (Phi) is 10.3. The van der Waals surface area contributed by atoms with Crippen LogP contribution in [0.25, 0.3) is 11.4 Å². The minimum atomic E-state index is -0.534. The molecule has 1 N–H and O–H groups in total. The Morgan fingerprint density at radius 1 is 1.21 bits per heavy atom. The molecule has 10 nitrogen and oxygen atoms in total. The molecular weight excluding hydrogens is 438 g/mol. The van der Waals surface area contributed by atoms with Crippen LogP contribution in [-0.2, 0) is 21.3 Å². The molecule has 1 fully saturated rings. The number of aryl methyl sites for hydroxylation is 2. The monoisotopic (exact) mass is 477 g/mol. The fourth-order valence-electron chi connectivity index (χ4n) is 3.37. The topological polar surface area (TPSA) is 117 Å². The molecule has 0 radical (unpaired) electrons. The zero-order valence-corrected chi connectivity index (χ0v) is 21.3. The molecule has 2 heterocycles. The van der Waals surface area contributed by atoms with Gasteiger partial charge in [-0.05, 0) is 64.5 Å². The molecule has 0 aromatic carbocycles. The lowest BCUT2D eigenvalue weighted by Gasteiger charge is -2.15. The highest BCUT2D eigenvalue weighted by Gasteiger charge is 2.20. The molecule has 1 amide bonds. The molecule has 0 aliphatic heterocycles. The number of esters is 1. The summed E-state index contributed by atoms with van der Waals surface area (Å²) in [5, 5.41) is 10.9. The summed E-state index contributed by atoms with van der Waals surface area (Å²) in [5.41, 5.74) is 1.91. The summed E-state index contributed by atoms with van der Waals surface area (Å²) < 4.78 is 17.3. The lowest BCUT2D eigenvalue weighted by Crippen LogP contribution is -2.18. The molecule has 2 aromatic heterocycles. The number of nitrogens with one attached hydrogen (secondary N) is 1. The standard InChI is InChI=1S/C19H27N5O3.C5H10O2.H2/c1-12(2)11-26-19(25)21-18-17(22-23-24(18)4)15-9-10-16(13(3)20-15)27-14-7-5-6-8-14;1-4(2)7-5(3)6;/h9-10,12,14H,5-8,11H2,1-4H3,(H,21,25);4H,1-3H3;1H. The summed E-state index contributed by atoms with van der Waals surface area (Å²) in [5.74, 6) is 1.28. The Morgan fingerprint density at radius 2 is 1.88 bits per heavy atom. The maximum atomic E-state index is 12.0. The zero-order chi connectivity index (χ0) is 25.3. The summed E-state index contributed by atoms with van der Waals surface area (Å²) in [6.45, 7) is 11.3. The van der Waals surface area contributed by atoms with Crippen LogP contribution in [0.4, 0.5) is 10.6 Å². The quantitative estimate of drug-likeness (QED) is 0.559. The molecule has 3 rings (SSSR count). The summed E-state index contributed by atoms with van der Waals surface area (Å²) in [7, 11) is 1.71. The lowest BCUT2D eigenvalue weighted by atomic mass is 10.2. The molecule has 0 atom stereocenters. The minimum Gasteiger partial charge on any atom is -0.489 e. The molecular formula is C24H39N5O5. The predicted octanol–water partition coefficient (Wildman–Crippen LogP) is 4.92. The first-order valence-corrected chi connectivity index (χ1v) is 11.7. The number of carbonyl (C=O) groups excluding carboxylic acids is 2. The van der Waals surface area contributed by atoms with Crippen LogP contribution < -0.4 is 10.1 Å². The fraction of sp³-hybridized carbons (Fsp3) is 0.625. The van der Waals surface area contributed by atoms with Crippen molar-refractivity contribution in [3.8, 4) is 17.1 Å². The average molecular weight is 478 g/mol. The second-order valence-corrected chi connectivity index (χ2v) is 8.99. The van der Waals surface area contributed by atoms with E-state index in [4.69, 9.17) is 9.47 Å². The first-order chi connectivity index (χ1) is 16.1. The molecule has 0 spiro atoms. The lowest BCUT2D eigenvalue weighted by molar-refractivity contribution is -0.144. The molecule has 0 unspecified atom stereocenters. The third-order valence-electron chi connectivity index (χ3n) is 4.87. The van der Waals surface area contributed by atoms with Crippen LogP contribution in [0.1, 0.15) is 67.4 Å². The van der Waals surface area contributed by atoms with Crippen molar-refractivity contribution in [1.82, 2.24) is 20.0 Å². The molecule has 34 heavy (non-hydrogen) atoms. The Hall–Kier alpha value is -3.17. The highest BCUT2D eigenvalue weighted by molar-refractivity contribution is 5.88. The van der Waals surface area contributed by atoms with Crippen molar-refractivity contribution in [3.63, 3.8) is 0 Å². The van der Waals surface area contributed by atoms with Gasteiger partial charge in [0.1, 0.15) is 5.75 Å². The average Bonchev–Trinajstić information content (AvgIpc) is 3.38. The molecule has 10 heteroatoms. The Balaban J connectivity index is 0.000000672. The van der Waals surface area contributed by atoms with Gasteiger partial charge in [-0.3, -0.25) is 10.1 Å². The maximum absolute atomic E-state index is 12.0. The SMILES string of the molecule is CC(=O)OC(C)C.Cc1nc(-c2nnn(C)c2NC(=O)OCC(C)C)ccc1OC1CCCC1.[HH]. The van der Waals surface area contributed by atoms with Crippen LogP contribution in [-0.4, -0.2) is 50.9 Å². The molecule has 1 saturated carbocycles. The molecule has 2 aromatic rings. The summed E-state index contributed by atoms with van der Waals surface area (Å²) in [4.78, 5) is 26.7. The van der Waals surface area contributed by atoms with Gasteiger partial charge in [-0.2, -0.15) is 0 Å². The summed E-state index contributed by atoms with van der Waals surface area (Å²) in [6.07, 6.45) is 4.40. The number of rotatable bonds is 7. The van der Waals surface area contributed by atoms with E-state index in [-0.39, 0.29) is 25.5 Å². The highest BCUT2D eigenvalue weighted by Crippen LogP contribution is 2.29. The molecule has 0 bridgehead atoms. The number of amides is 1. The Morgan fingerprint density at radius 3 is 2.41 bits per heavy atom. The van der Waals surface area contributed by atoms with E-state index in [0.717, 1.165) is 24.3 Å². The van der Waals surface area contributed by atoms with E-state index in [1.807, 2.05) is 46.8 Å².